The van der Waals surface area contributed by atoms with Crippen LogP contribution in [0, 0.1) is 0 Å². The molecule has 1 N–H and O–H groups in total. The summed E-state index contributed by atoms with van der Waals surface area (Å²) in [5, 5.41) is 10.7. The van der Waals surface area contributed by atoms with Crippen molar-refractivity contribution in [3.63, 3.8) is 0 Å². The Morgan fingerprint density at radius 1 is 1.19 bits per heavy atom. The normalized spacial score (nSPS) is 22.7. The lowest BCUT2D eigenvalue weighted by Crippen LogP contribution is -2.57. The van der Waals surface area contributed by atoms with Crippen molar-refractivity contribution in [2.24, 2.45) is 0 Å². The standard InChI is InChI=1S/C21H25NO4/c1-21(24)12-13-22(15-19(21)26-17-9-4-3-5-10-17)20(23)14-16-8-6-7-11-18(16)25-2/h3-11,19,24H,12-15H2,1-2H3/t19-,21-/m1/s1. The van der Waals surface area contributed by atoms with Gasteiger partial charge in [0.2, 0.25) is 5.91 Å². The van der Waals surface area contributed by atoms with Gasteiger partial charge in [-0.1, -0.05) is 36.4 Å². The minimum absolute atomic E-state index is 0.00617. The van der Waals surface area contributed by atoms with Gasteiger partial charge in [-0.25, -0.2) is 0 Å². The van der Waals surface area contributed by atoms with E-state index >= 15 is 0 Å². The van der Waals surface area contributed by atoms with Gasteiger partial charge in [-0.05, 0) is 31.5 Å². The molecule has 1 saturated heterocycles. The summed E-state index contributed by atoms with van der Waals surface area (Å²) in [4.78, 5) is 14.5. The Labute approximate surface area is 154 Å². The maximum Gasteiger partial charge on any atom is 0.227 e. The Kier molecular flexibility index (Phi) is 5.47. The summed E-state index contributed by atoms with van der Waals surface area (Å²) < 4.78 is 11.3. The summed E-state index contributed by atoms with van der Waals surface area (Å²) in [6, 6.07) is 16.9. The predicted octanol–water partition coefficient (Wildman–Crippen LogP) is 2.67. The molecule has 0 aromatic heterocycles. The largest absolute Gasteiger partial charge is 0.496 e. The molecule has 3 rings (SSSR count). The molecule has 5 nitrogen and oxygen atoms in total. The zero-order valence-corrected chi connectivity index (χ0v) is 15.2. The van der Waals surface area contributed by atoms with Crippen molar-refractivity contribution in [1.29, 1.82) is 0 Å². The number of methoxy groups -OCH3 is 1. The number of likely N-dealkylation sites (tertiary alicyclic amines) is 1. The Balaban J connectivity index is 1.69. The number of benzene rings is 2. The van der Waals surface area contributed by atoms with Crippen molar-refractivity contribution < 1.29 is 19.4 Å². The summed E-state index contributed by atoms with van der Waals surface area (Å²) in [6.45, 7) is 2.63. The molecule has 0 bridgehead atoms. The van der Waals surface area contributed by atoms with Crippen LogP contribution in [0.4, 0.5) is 0 Å². The number of carbonyl (C=O) groups excluding carboxylic acids is 1. The third kappa shape index (κ3) is 4.17. The second-order valence-corrected chi connectivity index (χ2v) is 6.86. The van der Waals surface area contributed by atoms with Gasteiger partial charge in [-0.15, -0.1) is 0 Å². The number of amides is 1. The molecule has 1 aliphatic rings. The SMILES string of the molecule is COc1ccccc1CC(=O)N1CC[C@@](C)(O)[C@H](Oc2ccccc2)C1. The van der Waals surface area contributed by atoms with Gasteiger partial charge in [0.25, 0.3) is 0 Å². The van der Waals surface area contributed by atoms with Crippen LogP contribution in [0.1, 0.15) is 18.9 Å². The van der Waals surface area contributed by atoms with Gasteiger partial charge >= 0.3 is 0 Å². The first-order valence-corrected chi connectivity index (χ1v) is 8.83. The van der Waals surface area contributed by atoms with E-state index < -0.39 is 11.7 Å². The maximum atomic E-state index is 12.8. The number of carbonyl (C=O) groups is 1. The molecule has 1 fully saturated rings. The van der Waals surface area contributed by atoms with Crippen LogP contribution in [0.15, 0.2) is 54.6 Å². The smallest absolute Gasteiger partial charge is 0.227 e. The number of hydrogen-bond donors (Lipinski definition) is 1. The van der Waals surface area contributed by atoms with E-state index in [1.54, 1.807) is 18.9 Å². The average molecular weight is 355 g/mol. The Bertz CT molecular complexity index is 745. The molecule has 2 atom stereocenters. The maximum absolute atomic E-state index is 12.8. The highest BCUT2D eigenvalue weighted by Crippen LogP contribution is 2.27. The van der Waals surface area contributed by atoms with Crippen LogP contribution in [0.25, 0.3) is 0 Å². The van der Waals surface area contributed by atoms with E-state index in [4.69, 9.17) is 9.47 Å². The highest BCUT2D eigenvalue weighted by atomic mass is 16.5. The number of rotatable bonds is 5. The van der Waals surface area contributed by atoms with Gasteiger partial charge in [0.05, 0.1) is 20.1 Å². The fraction of sp³-hybridized carbons (Fsp3) is 0.381. The molecular weight excluding hydrogens is 330 g/mol. The lowest BCUT2D eigenvalue weighted by atomic mass is 9.90. The van der Waals surface area contributed by atoms with Crippen LogP contribution in [0.5, 0.6) is 11.5 Å². The molecule has 0 aliphatic carbocycles. The summed E-state index contributed by atoms with van der Waals surface area (Å²) in [5.41, 5.74) is -0.116. The van der Waals surface area contributed by atoms with Gasteiger partial charge in [0, 0.05) is 12.1 Å². The van der Waals surface area contributed by atoms with Crippen LogP contribution in [0.3, 0.4) is 0 Å². The highest BCUT2D eigenvalue weighted by molar-refractivity contribution is 5.79. The Morgan fingerprint density at radius 2 is 1.88 bits per heavy atom. The summed E-state index contributed by atoms with van der Waals surface area (Å²) >= 11 is 0. The molecule has 1 amide bonds. The van der Waals surface area contributed by atoms with Crippen LogP contribution in [-0.4, -0.2) is 47.8 Å². The number of piperidine rings is 1. The molecule has 2 aromatic carbocycles. The number of ether oxygens (including phenoxy) is 2. The zero-order valence-electron chi connectivity index (χ0n) is 15.2. The van der Waals surface area contributed by atoms with Crippen molar-refractivity contribution in [3.05, 3.63) is 60.2 Å². The second-order valence-electron chi connectivity index (χ2n) is 6.86. The molecule has 2 aromatic rings. The molecule has 0 unspecified atom stereocenters. The second kappa shape index (κ2) is 7.79. The van der Waals surface area contributed by atoms with Crippen LogP contribution < -0.4 is 9.47 Å². The first kappa shape index (κ1) is 18.3. The molecule has 138 valence electrons. The number of para-hydroxylation sites is 2. The van der Waals surface area contributed by atoms with E-state index in [1.807, 2.05) is 54.6 Å². The molecule has 0 saturated carbocycles. The average Bonchev–Trinajstić information content (AvgIpc) is 2.64. The zero-order chi connectivity index (χ0) is 18.6. The summed E-state index contributed by atoms with van der Waals surface area (Å²) in [7, 11) is 1.60. The molecule has 0 spiro atoms. The van der Waals surface area contributed by atoms with E-state index in [0.29, 0.717) is 31.0 Å². The quantitative estimate of drug-likeness (QED) is 0.896. The first-order chi connectivity index (χ1) is 12.5. The monoisotopic (exact) mass is 355 g/mol. The molecule has 1 aliphatic heterocycles. The van der Waals surface area contributed by atoms with Gasteiger partial charge in [-0.2, -0.15) is 0 Å². The van der Waals surface area contributed by atoms with Gasteiger partial charge in [0.15, 0.2) is 0 Å². The number of nitrogens with zero attached hydrogens (tertiary/aromatic N) is 1. The number of hydrogen-bond acceptors (Lipinski definition) is 4. The first-order valence-electron chi connectivity index (χ1n) is 8.83. The minimum Gasteiger partial charge on any atom is -0.496 e. The van der Waals surface area contributed by atoms with Gasteiger partial charge < -0.3 is 19.5 Å². The molecule has 0 radical (unpaired) electrons. The lowest BCUT2D eigenvalue weighted by Gasteiger charge is -2.42. The molecular formula is C21H25NO4. The highest BCUT2D eigenvalue weighted by Gasteiger charge is 2.40. The van der Waals surface area contributed by atoms with Crippen molar-refractivity contribution in [2.75, 3.05) is 20.2 Å². The fourth-order valence-corrected chi connectivity index (χ4v) is 3.19. The van der Waals surface area contributed by atoms with Crippen molar-refractivity contribution >= 4 is 5.91 Å². The van der Waals surface area contributed by atoms with Gasteiger partial charge in [0.1, 0.15) is 23.2 Å². The van der Waals surface area contributed by atoms with Crippen LogP contribution >= 0.6 is 0 Å². The number of aliphatic hydroxyl groups is 1. The Morgan fingerprint density at radius 3 is 2.62 bits per heavy atom. The van der Waals surface area contributed by atoms with E-state index in [1.165, 1.54) is 0 Å². The predicted molar refractivity (Wildman–Crippen MR) is 99.4 cm³/mol. The van der Waals surface area contributed by atoms with Crippen molar-refractivity contribution in [2.45, 2.75) is 31.5 Å². The molecule has 1 heterocycles. The van der Waals surface area contributed by atoms with Gasteiger partial charge in [-0.3, -0.25) is 4.79 Å². The lowest BCUT2D eigenvalue weighted by molar-refractivity contribution is -0.142. The topological polar surface area (TPSA) is 59.0 Å². The Hall–Kier alpha value is -2.53. The molecule has 26 heavy (non-hydrogen) atoms. The van der Waals surface area contributed by atoms with Crippen molar-refractivity contribution in [1.82, 2.24) is 4.90 Å². The fourth-order valence-electron chi connectivity index (χ4n) is 3.19. The van der Waals surface area contributed by atoms with Crippen LogP contribution in [0.2, 0.25) is 0 Å². The van der Waals surface area contributed by atoms with E-state index in [0.717, 1.165) is 5.56 Å². The summed E-state index contributed by atoms with van der Waals surface area (Å²) in [5.74, 6) is 1.41. The minimum atomic E-state index is -0.975. The van der Waals surface area contributed by atoms with Crippen molar-refractivity contribution in [3.8, 4) is 11.5 Å². The van der Waals surface area contributed by atoms with E-state index in [9.17, 15) is 9.90 Å². The third-order valence-electron chi connectivity index (χ3n) is 4.88. The van der Waals surface area contributed by atoms with E-state index in [2.05, 4.69) is 0 Å². The van der Waals surface area contributed by atoms with Crippen LogP contribution in [-0.2, 0) is 11.2 Å². The summed E-state index contributed by atoms with van der Waals surface area (Å²) in [6.07, 6.45) is 0.270. The third-order valence-corrected chi connectivity index (χ3v) is 4.88. The van der Waals surface area contributed by atoms with E-state index in [-0.39, 0.29) is 12.3 Å². The molecule has 5 heteroatoms.